The molecule has 0 unspecified atom stereocenters. The molecule has 2 heterocycles. The van der Waals surface area contributed by atoms with Gasteiger partial charge in [0.1, 0.15) is 9.81 Å². The first-order valence-electron chi connectivity index (χ1n) is 8.11. The Kier molecular flexibility index (Phi) is 5.93. The quantitative estimate of drug-likeness (QED) is 0.812. The van der Waals surface area contributed by atoms with Crippen molar-refractivity contribution in [3.8, 4) is 0 Å². The fourth-order valence-electron chi connectivity index (χ4n) is 2.71. The van der Waals surface area contributed by atoms with E-state index in [-0.39, 0.29) is 18.7 Å². The molecule has 136 valence electrons. The zero-order chi connectivity index (χ0) is 18.0. The normalized spacial score (nSPS) is 19.5. The largest absolute Gasteiger partial charge is 0.444 e. The van der Waals surface area contributed by atoms with Gasteiger partial charge in [0.2, 0.25) is 0 Å². The Labute approximate surface area is 148 Å². The minimum absolute atomic E-state index is 0.159. The van der Waals surface area contributed by atoms with Crippen molar-refractivity contribution in [3.05, 3.63) is 17.5 Å². The van der Waals surface area contributed by atoms with Crippen molar-refractivity contribution in [3.63, 3.8) is 0 Å². The molecule has 0 aromatic carbocycles. The van der Waals surface area contributed by atoms with Crippen LogP contribution in [0.4, 0.5) is 4.79 Å². The van der Waals surface area contributed by atoms with Crippen LogP contribution in [0.3, 0.4) is 0 Å². The number of carbonyl (C=O) groups is 1. The van der Waals surface area contributed by atoms with Gasteiger partial charge in [-0.1, -0.05) is 6.07 Å². The average Bonchev–Trinajstić information content (AvgIpc) is 3.00. The lowest BCUT2D eigenvalue weighted by Crippen LogP contribution is -2.51. The number of nitrogens with zero attached hydrogens (tertiary/aromatic N) is 2. The highest BCUT2D eigenvalue weighted by molar-refractivity contribution is 7.91. The van der Waals surface area contributed by atoms with E-state index < -0.39 is 15.6 Å². The minimum Gasteiger partial charge on any atom is -0.444 e. The molecule has 6 nitrogen and oxygen atoms in total. The number of ether oxygens (including phenoxy) is 1. The molecule has 0 radical (unpaired) electrons. The zero-order valence-electron chi connectivity index (χ0n) is 14.7. The maximum atomic E-state index is 12.6. The molecule has 0 aliphatic carbocycles. The van der Waals surface area contributed by atoms with Crippen LogP contribution in [0.15, 0.2) is 21.7 Å². The Bertz CT molecular complexity index is 650. The van der Waals surface area contributed by atoms with Crippen molar-refractivity contribution in [1.29, 1.82) is 0 Å². The van der Waals surface area contributed by atoms with Crippen LogP contribution in [0.25, 0.3) is 0 Å². The van der Waals surface area contributed by atoms with Crippen LogP contribution in [0, 0.1) is 0 Å². The van der Waals surface area contributed by atoms with Crippen LogP contribution >= 0.6 is 11.3 Å². The molecular weight excluding hydrogens is 348 g/mol. The van der Waals surface area contributed by atoms with Gasteiger partial charge in [-0.2, -0.15) is 4.31 Å². The van der Waals surface area contributed by atoms with Gasteiger partial charge in [0.05, 0.1) is 0 Å². The summed E-state index contributed by atoms with van der Waals surface area (Å²) in [7, 11) is -1.94. The lowest BCUT2D eigenvalue weighted by atomic mass is 10.0. The van der Waals surface area contributed by atoms with Crippen LogP contribution in [-0.2, 0) is 14.8 Å². The fourth-order valence-corrected chi connectivity index (χ4v) is 5.12. The second-order valence-corrected chi connectivity index (χ2v) is 10.3. The summed E-state index contributed by atoms with van der Waals surface area (Å²) in [5.74, 6) is 0. The van der Waals surface area contributed by atoms with E-state index in [1.54, 1.807) is 29.5 Å². The smallest absolute Gasteiger partial charge is 0.410 e. The van der Waals surface area contributed by atoms with Crippen molar-refractivity contribution in [2.75, 3.05) is 20.1 Å². The van der Waals surface area contributed by atoms with Crippen LogP contribution in [0.1, 0.15) is 40.0 Å². The molecule has 1 aliphatic rings. The van der Waals surface area contributed by atoms with E-state index in [2.05, 4.69) is 0 Å². The van der Waals surface area contributed by atoms with Crippen molar-refractivity contribution in [1.82, 2.24) is 9.21 Å². The lowest BCUT2D eigenvalue weighted by Gasteiger charge is -2.38. The van der Waals surface area contributed by atoms with Gasteiger partial charge in [0, 0.05) is 26.2 Å². The SMILES string of the molecule is CN(C[C@H]1CCCCN1C(=O)OC(C)(C)C)S(=O)(=O)c1cccs1. The number of hydrogen-bond donors (Lipinski definition) is 0. The Balaban J connectivity index is 2.09. The molecule has 0 bridgehead atoms. The summed E-state index contributed by atoms with van der Waals surface area (Å²) in [6, 6.07) is 3.16. The molecule has 8 heteroatoms. The van der Waals surface area contributed by atoms with E-state index in [0.29, 0.717) is 10.8 Å². The maximum absolute atomic E-state index is 12.6. The van der Waals surface area contributed by atoms with Gasteiger partial charge in [-0.3, -0.25) is 0 Å². The molecule has 1 aromatic heterocycles. The van der Waals surface area contributed by atoms with Crippen molar-refractivity contribution >= 4 is 27.5 Å². The number of rotatable bonds is 4. The summed E-state index contributed by atoms with van der Waals surface area (Å²) < 4.78 is 32.3. The molecule has 1 aromatic rings. The van der Waals surface area contributed by atoms with Crippen molar-refractivity contribution < 1.29 is 17.9 Å². The van der Waals surface area contributed by atoms with E-state index >= 15 is 0 Å². The van der Waals surface area contributed by atoms with Gasteiger partial charge in [-0.05, 0) is 51.5 Å². The highest BCUT2D eigenvalue weighted by Crippen LogP contribution is 2.24. The number of thiophene rings is 1. The molecule has 1 aliphatic heterocycles. The summed E-state index contributed by atoms with van der Waals surface area (Å²) in [6.07, 6.45) is 2.31. The number of carbonyl (C=O) groups excluding carboxylic acids is 1. The van der Waals surface area contributed by atoms with Gasteiger partial charge in [-0.25, -0.2) is 13.2 Å². The molecule has 1 amide bonds. The highest BCUT2D eigenvalue weighted by Gasteiger charge is 2.33. The molecule has 0 spiro atoms. The number of sulfonamides is 1. The first-order valence-corrected chi connectivity index (χ1v) is 10.4. The van der Waals surface area contributed by atoms with Gasteiger partial charge in [0.25, 0.3) is 10.0 Å². The fraction of sp³-hybridized carbons (Fsp3) is 0.688. The van der Waals surface area contributed by atoms with Crippen molar-refractivity contribution in [2.24, 2.45) is 0 Å². The maximum Gasteiger partial charge on any atom is 0.410 e. The predicted octanol–water partition coefficient (Wildman–Crippen LogP) is 3.16. The second kappa shape index (κ2) is 7.41. The zero-order valence-corrected chi connectivity index (χ0v) is 16.3. The molecule has 0 N–H and O–H groups in total. The van der Waals surface area contributed by atoms with E-state index in [1.807, 2.05) is 20.8 Å². The van der Waals surface area contributed by atoms with Gasteiger partial charge < -0.3 is 9.64 Å². The highest BCUT2D eigenvalue weighted by atomic mass is 32.2. The molecule has 2 rings (SSSR count). The van der Waals surface area contributed by atoms with Crippen LogP contribution in [0.2, 0.25) is 0 Å². The van der Waals surface area contributed by atoms with E-state index in [0.717, 1.165) is 19.3 Å². The van der Waals surface area contributed by atoms with E-state index in [9.17, 15) is 13.2 Å². The van der Waals surface area contributed by atoms with E-state index in [1.165, 1.54) is 15.6 Å². The standard InChI is InChI=1S/C16H26N2O4S2/c1-16(2,3)22-15(19)18-10-6-5-8-13(18)12-17(4)24(20,21)14-9-7-11-23-14/h7,9,11,13H,5-6,8,10,12H2,1-4H3/t13-/m1/s1. The molecule has 1 saturated heterocycles. The molecule has 0 saturated carbocycles. The Morgan fingerprint density at radius 1 is 1.42 bits per heavy atom. The van der Waals surface area contributed by atoms with E-state index in [4.69, 9.17) is 4.74 Å². The molecule has 1 atom stereocenters. The molecular formula is C16H26N2O4S2. The Hall–Kier alpha value is -1.12. The summed E-state index contributed by atoms with van der Waals surface area (Å²) in [6.45, 7) is 6.37. The Morgan fingerprint density at radius 3 is 2.71 bits per heavy atom. The third-order valence-electron chi connectivity index (χ3n) is 3.88. The van der Waals surface area contributed by atoms with Crippen LogP contribution < -0.4 is 0 Å². The van der Waals surface area contributed by atoms with Crippen molar-refractivity contribution in [2.45, 2.75) is 55.9 Å². The minimum atomic E-state index is -3.51. The van der Waals surface area contributed by atoms with Crippen LogP contribution in [0.5, 0.6) is 0 Å². The number of amides is 1. The average molecular weight is 375 g/mol. The van der Waals surface area contributed by atoms with Gasteiger partial charge in [-0.15, -0.1) is 11.3 Å². The number of likely N-dealkylation sites (N-methyl/N-ethyl adjacent to an activating group) is 1. The molecule has 1 fully saturated rings. The molecule has 24 heavy (non-hydrogen) atoms. The third kappa shape index (κ3) is 4.70. The third-order valence-corrected chi connectivity index (χ3v) is 7.08. The van der Waals surface area contributed by atoms with Gasteiger partial charge >= 0.3 is 6.09 Å². The van der Waals surface area contributed by atoms with Gasteiger partial charge in [0.15, 0.2) is 0 Å². The number of piperidine rings is 1. The lowest BCUT2D eigenvalue weighted by molar-refractivity contribution is 0.00829. The van der Waals surface area contributed by atoms with Crippen LogP contribution in [-0.4, -0.2) is 55.5 Å². The number of likely N-dealkylation sites (tertiary alicyclic amines) is 1. The first kappa shape index (κ1) is 19.2. The topological polar surface area (TPSA) is 66.9 Å². The Morgan fingerprint density at radius 2 is 2.12 bits per heavy atom. The summed E-state index contributed by atoms with van der Waals surface area (Å²) in [5, 5.41) is 1.74. The summed E-state index contributed by atoms with van der Waals surface area (Å²) >= 11 is 1.20. The number of hydrogen-bond acceptors (Lipinski definition) is 5. The monoisotopic (exact) mass is 374 g/mol. The first-order chi connectivity index (χ1) is 11.1. The summed E-state index contributed by atoms with van der Waals surface area (Å²) in [4.78, 5) is 14.1. The second-order valence-electron chi connectivity index (χ2n) is 7.04. The predicted molar refractivity (Wildman–Crippen MR) is 94.7 cm³/mol. The summed E-state index contributed by atoms with van der Waals surface area (Å²) in [5.41, 5.74) is -0.561.